The fourth-order valence-corrected chi connectivity index (χ4v) is 2.98. The summed E-state index contributed by atoms with van der Waals surface area (Å²) >= 11 is 0. The van der Waals surface area contributed by atoms with Crippen molar-refractivity contribution in [2.75, 3.05) is 20.1 Å². The molecule has 0 bridgehead atoms. The molecule has 2 N–H and O–H groups in total. The van der Waals surface area contributed by atoms with Gasteiger partial charge in [0.25, 0.3) is 0 Å². The van der Waals surface area contributed by atoms with Gasteiger partial charge in [-0.2, -0.15) is 0 Å². The predicted molar refractivity (Wildman–Crippen MR) is 84.0 cm³/mol. The van der Waals surface area contributed by atoms with Gasteiger partial charge in [-0.1, -0.05) is 19.1 Å². The van der Waals surface area contributed by atoms with E-state index in [-0.39, 0.29) is 11.7 Å². The van der Waals surface area contributed by atoms with E-state index in [0.29, 0.717) is 24.8 Å². The van der Waals surface area contributed by atoms with Crippen LogP contribution in [0, 0.1) is 11.8 Å². The van der Waals surface area contributed by atoms with Crippen LogP contribution in [-0.2, 0) is 11.3 Å². The van der Waals surface area contributed by atoms with E-state index in [4.69, 9.17) is 0 Å². The highest BCUT2D eigenvalue weighted by atomic mass is 16.3. The lowest BCUT2D eigenvalue weighted by Gasteiger charge is -2.29. The highest BCUT2D eigenvalue weighted by Crippen LogP contribution is 2.23. The molecule has 2 unspecified atom stereocenters. The molecule has 1 aromatic carbocycles. The molecule has 0 aliphatic carbocycles. The second-order valence-corrected chi connectivity index (χ2v) is 6.21. The van der Waals surface area contributed by atoms with Gasteiger partial charge in [0.2, 0.25) is 5.91 Å². The van der Waals surface area contributed by atoms with Crippen LogP contribution in [0.5, 0.6) is 5.75 Å². The van der Waals surface area contributed by atoms with Gasteiger partial charge in [0, 0.05) is 20.0 Å². The van der Waals surface area contributed by atoms with Crippen LogP contribution in [-0.4, -0.2) is 36.1 Å². The van der Waals surface area contributed by atoms with Crippen molar-refractivity contribution in [2.45, 2.75) is 32.7 Å². The Morgan fingerprint density at radius 1 is 1.52 bits per heavy atom. The minimum Gasteiger partial charge on any atom is -0.508 e. The average Bonchev–Trinajstić information content (AvgIpc) is 2.48. The SMILES string of the molecule is CC(CC(=O)N(C)Cc1cccc(O)c1)C1CCCNC1. The number of carbonyl (C=O) groups is 1. The van der Waals surface area contributed by atoms with Gasteiger partial charge in [-0.25, -0.2) is 0 Å². The number of hydrogen-bond donors (Lipinski definition) is 2. The van der Waals surface area contributed by atoms with Crippen molar-refractivity contribution >= 4 is 5.91 Å². The third kappa shape index (κ3) is 4.74. The summed E-state index contributed by atoms with van der Waals surface area (Å²) in [7, 11) is 1.83. The maximum absolute atomic E-state index is 12.3. The Morgan fingerprint density at radius 2 is 2.33 bits per heavy atom. The Labute approximate surface area is 127 Å². The zero-order valence-corrected chi connectivity index (χ0v) is 13.0. The molecule has 0 spiro atoms. The van der Waals surface area contributed by atoms with Crippen LogP contribution >= 0.6 is 0 Å². The molecule has 1 amide bonds. The summed E-state index contributed by atoms with van der Waals surface area (Å²) in [4.78, 5) is 14.1. The maximum Gasteiger partial charge on any atom is 0.222 e. The van der Waals surface area contributed by atoms with Crippen molar-refractivity contribution < 1.29 is 9.90 Å². The van der Waals surface area contributed by atoms with Crippen LogP contribution in [0.25, 0.3) is 0 Å². The number of hydrogen-bond acceptors (Lipinski definition) is 3. The van der Waals surface area contributed by atoms with Gasteiger partial charge in [0.05, 0.1) is 0 Å². The average molecular weight is 290 g/mol. The molecule has 1 heterocycles. The first-order chi connectivity index (χ1) is 10.1. The van der Waals surface area contributed by atoms with Gasteiger partial charge in [-0.3, -0.25) is 4.79 Å². The molecule has 21 heavy (non-hydrogen) atoms. The first-order valence-corrected chi connectivity index (χ1v) is 7.79. The van der Waals surface area contributed by atoms with Crippen molar-refractivity contribution in [1.29, 1.82) is 0 Å². The molecular formula is C17H26N2O2. The van der Waals surface area contributed by atoms with Gasteiger partial charge in [0.1, 0.15) is 5.75 Å². The van der Waals surface area contributed by atoms with Crippen LogP contribution in [0.3, 0.4) is 0 Å². The van der Waals surface area contributed by atoms with Crippen LogP contribution in [0.1, 0.15) is 31.7 Å². The van der Waals surface area contributed by atoms with E-state index < -0.39 is 0 Å². The lowest BCUT2D eigenvalue weighted by Crippen LogP contribution is -2.36. The smallest absolute Gasteiger partial charge is 0.222 e. The number of phenols is 1. The second kappa shape index (κ2) is 7.46. The number of amides is 1. The second-order valence-electron chi connectivity index (χ2n) is 6.21. The third-order valence-corrected chi connectivity index (χ3v) is 4.39. The summed E-state index contributed by atoms with van der Waals surface area (Å²) in [5, 5.41) is 12.9. The molecule has 1 aliphatic heterocycles. The largest absolute Gasteiger partial charge is 0.508 e. The Balaban J connectivity index is 1.84. The highest BCUT2D eigenvalue weighted by Gasteiger charge is 2.23. The van der Waals surface area contributed by atoms with Crippen molar-refractivity contribution in [3.8, 4) is 5.75 Å². The topological polar surface area (TPSA) is 52.6 Å². The molecule has 4 heteroatoms. The summed E-state index contributed by atoms with van der Waals surface area (Å²) in [5.41, 5.74) is 0.956. The van der Waals surface area contributed by atoms with Crippen LogP contribution in [0.15, 0.2) is 24.3 Å². The Kier molecular flexibility index (Phi) is 5.62. The van der Waals surface area contributed by atoms with E-state index >= 15 is 0 Å². The number of carbonyl (C=O) groups excluding carboxylic acids is 1. The summed E-state index contributed by atoms with van der Waals surface area (Å²) in [6.45, 7) is 4.86. The molecule has 0 saturated carbocycles. The summed E-state index contributed by atoms with van der Waals surface area (Å²) in [6, 6.07) is 7.08. The number of benzene rings is 1. The van der Waals surface area contributed by atoms with Crippen molar-refractivity contribution in [1.82, 2.24) is 10.2 Å². The van der Waals surface area contributed by atoms with E-state index in [0.717, 1.165) is 18.7 Å². The maximum atomic E-state index is 12.3. The van der Waals surface area contributed by atoms with Crippen LogP contribution in [0.2, 0.25) is 0 Å². The molecule has 0 radical (unpaired) electrons. The molecule has 4 nitrogen and oxygen atoms in total. The zero-order valence-electron chi connectivity index (χ0n) is 13.0. The lowest BCUT2D eigenvalue weighted by atomic mass is 9.85. The monoisotopic (exact) mass is 290 g/mol. The van der Waals surface area contributed by atoms with Gasteiger partial charge in [-0.15, -0.1) is 0 Å². The normalized spacial score (nSPS) is 20.0. The predicted octanol–water partition coefficient (Wildman–Crippen LogP) is 2.38. The quantitative estimate of drug-likeness (QED) is 0.875. The van der Waals surface area contributed by atoms with E-state index in [2.05, 4.69) is 12.2 Å². The first kappa shape index (κ1) is 15.8. The summed E-state index contributed by atoms with van der Waals surface area (Å²) in [6.07, 6.45) is 3.03. The number of nitrogens with one attached hydrogen (secondary N) is 1. The number of phenolic OH excluding ortho intramolecular Hbond substituents is 1. The molecule has 1 aromatic rings. The van der Waals surface area contributed by atoms with E-state index in [1.54, 1.807) is 23.1 Å². The molecule has 0 aromatic heterocycles. The molecule has 1 aliphatic rings. The molecular weight excluding hydrogens is 264 g/mol. The standard InChI is InChI=1S/C17H26N2O2/c1-13(15-6-4-8-18-11-15)9-17(21)19(2)12-14-5-3-7-16(20)10-14/h3,5,7,10,13,15,18,20H,4,6,8-9,11-12H2,1-2H3. The zero-order chi connectivity index (χ0) is 15.2. The molecule has 116 valence electrons. The Hall–Kier alpha value is -1.55. The fraction of sp³-hybridized carbons (Fsp3) is 0.588. The molecule has 1 saturated heterocycles. The summed E-state index contributed by atoms with van der Waals surface area (Å²) in [5.74, 6) is 1.44. The van der Waals surface area contributed by atoms with Gasteiger partial charge in [0.15, 0.2) is 0 Å². The van der Waals surface area contributed by atoms with Crippen molar-refractivity contribution in [3.05, 3.63) is 29.8 Å². The van der Waals surface area contributed by atoms with Gasteiger partial charge < -0.3 is 15.3 Å². The Morgan fingerprint density at radius 3 is 3.00 bits per heavy atom. The number of rotatable bonds is 5. The number of nitrogens with zero attached hydrogens (tertiary/aromatic N) is 1. The lowest BCUT2D eigenvalue weighted by molar-refractivity contribution is -0.131. The molecule has 2 atom stereocenters. The van der Waals surface area contributed by atoms with Crippen LogP contribution < -0.4 is 5.32 Å². The van der Waals surface area contributed by atoms with Gasteiger partial charge >= 0.3 is 0 Å². The first-order valence-electron chi connectivity index (χ1n) is 7.79. The number of piperidine rings is 1. The Bertz CT molecular complexity index is 470. The van der Waals surface area contributed by atoms with Crippen molar-refractivity contribution in [3.63, 3.8) is 0 Å². The summed E-state index contributed by atoms with van der Waals surface area (Å²) < 4.78 is 0. The minimum atomic E-state index is 0.177. The minimum absolute atomic E-state index is 0.177. The van der Waals surface area contributed by atoms with E-state index in [1.165, 1.54) is 12.8 Å². The molecule has 2 rings (SSSR count). The van der Waals surface area contributed by atoms with E-state index in [1.807, 2.05) is 13.1 Å². The van der Waals surface area contributed by atoms with E-state index in [9.17, 15) is 9.90 Å². The van der Waals surface area contributed by atoms with Crippen LogP contribution in [0.4, 0.5) is 0 Å². The fourth-order valence-electron chi connectivity index (χ4n) is 2.98. The molecule has 1 fully saturated rings. The third-order valence-electron chi connectivity index (χ3n) is 4.39. The van der Waals surface area contributed by atoms with Gasteiger partial charge in [-0.05, 0) is 55.5 Å². The number of aromatic hydroxyl groups is 1. The highest BCUT2D eigenvalue weighted by molar-refractivity contribution is 5.76. The van der Waals surface area contributed by atoms with Crippen molar-refractivity contribution in [2.24, 2.45) is 11.8 Å².